The smallest absolute Gasteiger partial charge is 0.229 e. The van der Waals surface area contributed by atoms with Crippen LogP contribution in [0.15, 0.2) is 0 Å². The fourth-order valence-corrected chi connectivity index (χ4v) is 2.48. The quantitative estimate of drug-likeness (QED) is 0.199. The molecule has 0 aromatic carbocycles. The largest absolute Gasteiger partial charge is 0.394 e. The molecule has 0 aliphatic carbocycles. The molecular formula is C14H26N2O10. The summed E-state index contributed by atoms with van der Waals surface area (Å²) < 4.78 is 10.5. The second-order valence-electron chi connectivity index (χ2n) is 6.01. The van der Waals surface area contributed by atoms with E-state index in [4.69, 9.17) is 25.4 Å². The molecule has 0 radical (unpaired) electrons. The summed E-state index contributed by atoms with van der Waals surface area (Å²) >= 11 is 0. The zero-order valence-electron chi connectivity index (χ0n) is 14.1. The molecule has 2 amide bonds. The van der Waals surface area contributed by atoms with Gasteiger partial charge in [0.1, 0.15) is 30.5 Å². The number of amides is 2. The van der Waals surface area contributed by atoms with Crippen LogP contribution in [0.25, 0.3) is 0 Å². The summed E-state index contributed by atoms with van der Waals surface area (Å²) in [7, 11) is 0. The Bertz CT molecular complexity index is 477. The number of nitrogens with two attached hydrogens (primary N) is 1. The molecule has 26 heavy (non-hydrogen) atoms. The van der Waals surface area contributed by atoms with Crippen molar-refractivity contribution in [3.8, 4) is 0 Å². The minimum atomic E-state index is -1.66. The van der Waals surface area contributed by atoms with Gasteiger partial charge in [0.15, 0.2) is 6.29 Å². The molecule has 0 aromatic heterocycles. The van der Waals surface area contributed by atoms with E-state index in [0.29, 0.717) is 0 Å². The first-order valence-corrected chi connectivity index (χ1v) is 7.93. The van der Waals surface area contributed by atoms with E-state index in [1.165, 1.54) is 0 Å². The van der Waals surface area contributed by atoms with E-state index in [-0.39, 0.29) is 0 Å². The molecule has 0 aromatic rings. The highest BCUT2D eigenvalue weighted by Crippen LogP contribution is 2.23. The number of aliphatic hydroxyl groups excluding tert-OH is 6. The monoisotopic (exact) mass is 382 g/mol. The maximum absolute atomic E-state index is 11.6. The molecule has 1 saturated heterocycles. The van der Waals surface area contributed by atoms with Crippen LogP contribution in [0.5, 0.6) is 0 Å². The lowest BCUT2D eigenvalue weighted by Crippen LogP contribution is -2.64. The van der Waals surface area contributed by atoms with Gasteiger partial charge in [-0.25, -0.2) is 0 Å². The van der Waals surface area contributed by atoms with Gasteiger partial charge in [-0.1, -0.05) is 0 Å². The zero-order valence-corrected chi connectivity index (χ0v) is 14.1. The Morgan fingerprint density at radius 3 is 2.31 bits per heavy atom. The fraction of sp³-hybridized carbons (Fsp3) is 0.857. The van der Waals surface area contributed by atoms with Gasteiger partial charge in [-0.05, 0) is 0 Å². The first-order valence-electron chi connectivity index (χ1n) is 7.93. The average Bonchev–Trinajstić information content (AvgIpc) is 2.57. The normalized spacial score (nSPS) is 32.5. The van der Waals surface area contributed by atoms with Gasteiger partial charge in [-0.3, -0.25) is 14.9 Å². The highest BCUT2D eigenvalue weighted by molar-refractivity contribution is 5.94. The molecule has 12 heteroatoms. The van der Waals surface area contributed by atoms with Gasteiger partial charge in [-0.15, -0.1) is 0 Å². The van der Waals surface area contributed by atoms with E-state index < -0.39 is 80.4 Å². The van der Waals surface area contributed by atoms with Crippen LogP contribution >= 0.6 is 0 Å². The first kappa shape index (κ1) is 22.8. The molecule has 8 atom stereocenters. The molecule has 0 spiro atoms. The van der Waals surface area contributed by atoms with Gasteiger partial charge < -0.3 is 45.8 Å². The molecule has 1 heterocycles. The maximum Gasteiger partial charge on any atom is 0.229 e. The zero-order chi connectivity index (χ0) is 20.0. The van der Waals surface area contributed by atoms with Crippen molar-refractivity contribution in [2.24, 2.45) is 5.73 Å². The third-order valence-electron chi connectivity index (χ3n) is 3.88. The third-order valence-corrected chi connectivity index (χ3v) is 3.88. The molecule has 1 aliphatic heterocycles. The first-order chi connectivity index (χ1) is 12.1. The van der Waals surface area contributed by atoms with Crippen LogP contribution in [-0.4, -0.2) is 105 Å². The van der Waals surface area contributed by atoms with Crippen LogP contribution in [-0.2, 0) is 19.1 Å². The second kappa shape index (κ2) is 10.2. The fourth-order valence-electron chi connectivity index (χ4n) is 2.48. The Morgan fingerprint density at radius 1 is 1.19 bits per heavy atom. The second-order valence-corrected chi connectivity index (χ2v) is 6.01. The Kier molecular flexibility index (Phi) is 8.95. The van der Waals surface area contributed by atoms with Gasteiger partial charge in [0.2, 0.25) is 11.8 Å². The number of imide groups is 1. The third kappa shape index (κ3) is 5.90. The topological polar surface area (TPSA) is 212 Å². The van der Waals surface area contributed by atoms with Crippen molar-refractivity contribution in [3.63, 3.8) is 0 Å². The highest BCUT2D eigenvalue weighted by Gasteiger charge is 2.45. The van der Waals surface area contributed by atoms with Crippen LogP contribution in [0.2, 0.25) is 0 Å². The molecular weight excluding hydrogens is 356 g/mol. The molecule has 0 bridgehead atoms. The van der Waals surface area contributed by atoms with Crippen molar-refractivity contribution >= 4 is 11.8 Å². The minimum Gasteiger partial charge on any atom is -0.394 e. The number of carbonyl (C=O) groups is 2. The molecule has 0 unspecified atom stereocenters. The predicted molar refractivity (Wildman–Crippen MR) is 83.1 cm³/mol. The van der Waals surface area contributed by atoms with Crippen molar-refractivity contribution in [1.82, 2.24) is 5.32 Å². The Balaban J connectivity index is 2.86. The van der Waals surface area contributed by atoms with Gasteiger partial charge in [0.05, 0.1) is 31.8 Å². The lowest BCUT2D eigenvalue weighted by molar-refractivity contribution is -0.295. The number of hydrogen-bond acceptors (Lipinski definition) is 11. The summed E-state index contributed by atoms with van der Waals surface area (Å²) in [4.78, 5) is 22.4. The summed E-state index contributed by atoms with van der Waals surface area (Å²) in [5.74, 6) is -1.50. The van der Waals surface area contributed by atoms with E-state index in [2.05, 4.69) is 0 Å². The minimum absolute atomic E-state index is 0.641. The van der Waals surface area contributed by atoms with Gasteiger partial charge in [-0.2, -0.15) is 0 Å². The Hall–Kier alpha value is -1.22. The summed E-state index contributed by atoms with van der Waals surface area (Å²) in [6.45, 7) is -0.411. The summed E-state index contributed by atoms with van der Waals surface area (Å²) in [5.41, 5.74) is 5.70. The van der Waals surface area contributed by atoms with Crippen LogP contribution in [0, 0.1) is 0 Å². The molecule has 1 rings (SSSR count). The van der Waals surface area contributed by atoms with Gasteiger partial charge in [0.25, 0.3) is 0 Å². The summed E-state index contributed by atoms with van der Waals surface area (Å²) in [5, 5.41) is 59.8. The SMILES string of the molecule is CC(=O)NC(=O)C[C@@H](O)[C@H](O[C@@H]1O[C@H](CO)[C@@H](O)[C@H](O)[C@H]1N)[C@H](O)CO. The van der Waals surface area contributed by atoms with E-state index in [0.717, 1.165) is 6.92 Å². The Labute approximate surface area is 149 Å². The van der Waals surface area contributed by atoms with Crippen molar-refractivity contribution in [2.75, 3.05) is 13.2 Å². The molecule has 152 valence electrons. The summed E-state index contributed by atoms with van der Waals surface area (Å²) in [6.07, 6.45) is -11.2. The van der Waals surface area contributed by atoms with Crippen molar-refractivity contribution in [2.45, 2.75) is 62.3 Å². The number of carbonyl (C=O) groups excluding carboxylic acids is 2. The average molecular weight is 382 g/mol. The lowest BCUT2D eigenvalue weighted by atomic mass is 9.97. The predicted octanol–water partition coefficient (Wildman–Crippen LogP) is -5.10. The molecule has 9 N–H and O–H groups in total. The van der Waals surface area contributed by atoms with Crippen LogP contribution < -0.4 is 11.1 Å². The number of rotatable bonds is 8. The van der Waals surface area contributed by atoms with E-state index in [1.54, 1.807) is 0 Å². The van der Waals surface area contributed by atoms with Gasteiger partial charge in [0, 0.05) is 6.92 Å². The van der Waals surface area contributed by atoms with E-state index >= 15 is 0 Å². The highest BCUT2D eigenvalue weighted by atomic mass is 16.7. The molecule has 1 aliphatic rings. The van der Waals surface area contributed by atoms with Crippen LogP contribution in [0.4, 0.5) is 0 Å². The number of nitrogens with one attached hydrogen (secondary N) is 1. The Morgan fingerprint density at radius 2 is 1.81 bits per heavy atom. The van der Waals surface area contributed by atoms with E-state index in [1.807, 2.05) is 5.32 Å². The maximum atomic E-state index is 11.6. The summed E-state index contributed by atoms with van der Waals surface area (Å²) in [6, 6.07) is -1.31. The molecule has 12 nitrogen and oxygen atoms in total. The van der Waals surface area contributed by atoms with E-state index in [9.17, 15) is 30.0 Å². The number of aliphatic hydroxyl groups is 6. The van der Waals surface area contributed by atoms with Crippen molar-refractivity contribution in [3.05, 3.63) is 0 Å². The number of ether oxygens (including phenoxy) is 2. The van der Waals surface area contributed by atoms with Gasteiger partial charge >= 0.3 is 0 Å². The lowest BCUT2D eigenvalue weighted by Gasteiger charge is -2.42. The van der Waals surface area contributed by atoms with Crippen molar-refractivity contribution < 1.29 is 49.7 Å². The standard InChI is InChI=1S/C14H26N2O10/c1-5(19)16-9(22)2-6(20)13(7(21)3-17)26-14-10(15)12(24)11(23)8(4-18)25-14/h6-8,10-14,17-18,20-21,23-24H,2-4,15H2,1H3,(H,16,19,22)/t6-,7-,8-,10-,11-,12-,13+,14+/m1/s1. The van der Waals surface area contributed by atoms with Crippen LogP contribution in [0.3, 0.4) is 0 Å². The molecule has 1 fully saturated rings. The molecule has 0 saturated carbocycles. The van der Waals surface area contributed by atoms with Crippen LogP contribution in [0.1, 0.15) is 13.3 Å². The number of hydrogen-bond donors (Lipinski definition) is 8. The van der Waals surface area contributed by atoms with Crippen molar-refractivity contribution in [1.29, 1.82) is 0 Å².